The van der Waals surface area contributed by atoms with Gasteiger partial charge in [0.1, 0.15) is 5.82 Å². The minimum atomic E-state index is -0.0629. The third kappa shape index (κ3) is 5.58. The van der Waals surface area contributed by atoms with Crippen LogP contribution in [-0.4, -0.2) is 26.4 Å². The third-order valence-electron chi connectivity index (χ3n) is 5.00. The zero-order valence-electron chi connectivity index (χ0n) is 17.6. The van der Waals surface area contributed by atoms with E-state index >= 15 is 0 Å². The van der Waals surface area contributed by atoms with Gasteiger partial charge in [-0.2, -0.15) is 0 Å². The summed E-state index contributed by atoms with van der Waals surface area (Å²) in [5.74, 6) is 0.995. The van der Waals surface area contributed by atoms with Crippen LogP contribution >= 0.6 is 23.4 Å². The highest BCUT2D eigenvalue weighted by molar-refractivity contribution is 7.99. The fourth-order valence-electron chi connectivity index (χ4n) is 3.37. The molecule has 0 aliphatic carbocycles. The second-order valence-electron chi connectivity index (χ2n) is 7.36. The van der Waals surface area contributed by atoms with Crippen LogP contribution in [0.5, 0.6) is 0 Å². The topological polar surface area (TPSA) is 59.8 Å². The maximum Gasteiger partial charge on any atom is 0.230 e. The van der Waals surface area contributed by atoms with E-state index < -0.39 is 0 Å². The van der Waals surface area contributed by atoms with Gasteiger partial charge >= 0.3 is 0 Å². The van der Waals surface area contributed by atoms with Crippen molar-refractivity contribution in [1.29, 1.82) is 0 Å². The molecule has 1 aromatic heterocycles. The lowest BCUT2D eigenvalue weighted by Crippen LogP contribution is -2.28. The Morgan fingerprint density at radius 1 is 0.969 bits per heavy atom. The summed E-state index contributed by atoms with van der Waals surface area (Å²) in [6.07, 6.45) is 0.633. The van der Waals surface area contributed by atoms with Crippen molar-refractivity contribution in [3.63, 3.8) is 0 Å². The van der Waals surface area contributed by atoms with Crippen molar-refractivity contribution in [3.8, 4) is 5.69 Å². The van der Waals surface area contributed by atoms with Gasteiger partial charge in [-0.15, -0.1) is 10.2 Å². The molecule has 0 bridgehead atoms. The van der Waals surface area contributed by atoms with Gasteiger partial charge in [0.2, 0.25) is 5.91 Å². The van der Waals surface area contributed by atoms with E-state index in [9.17, 15) is 4.79 Å². The van der Waals surface area contributed by atoms with Crippen LogP contribution in [0.4, 0.5) is 0 Å². The zero-order chi connectivity index (χ0) is 22.3. The van der Waals surface area contributed by atoms with Gasteiger partial charge in [0.05, 0.1) is 11.8 Å². The van der Waals surface area contributed by atoms with Gasteiger partial charge < -0.3 is 5.32 Å². The molecule has 0 radical (unpaired) electrons. The summed E-state index contributed by atoms with van der Waals surface area (Å²) in [7, 11) is 0. The highest BCUT2D eigenvalue weighted by Gasteiger charge is 2.17. The number of hydrogen-bond donors (Lipinski definition) is 1. The highest BCUT2D eigenvalue weighted by Crippen LogP contribution is 2.25. The maximum atomic E-state index is 12.6. The normalized spacial score (nSPS) is 11.8. The molecule has 162 valence electrons. The number of nitrogens with zero attached hydrogens (tertiary/aromatic N) is 3. The second-order valence-corrected chi connectivity index (χ2v) is 8.74. The molecule has 4 aromatic rings. The second kappa shape index (κ2) is 10.5. The molecule has 1 unspecified atom stereocenters. The molecule has 4 rings (SSSR count). The van der Waals surface area contributed by atoms with Gasteiger partial charge in [0.25, 0.3) is 0 Å². The molecule has 1 heterocycles. The molecule has 0 aliphatic rings. The Morgan fingerprint density at radius 3 is 2.31 bits per heavy atom. The van der Waals surface area contributed by atoms with Gasteiger partial charge in [-0.3, -0.25) is 9.36 Å². The molecular weight excluding hydrogens is 440 g/mol. The van der Waals surface area contributed by atoms with Crippen LogP contribution in [-0.2, 0) is 11.2 Å². The Kier molecular flexibility index (Phi) is 7.24. The number of rotatable bonds is 8. The number of benzene rings is 3. The van der Waals surface area contributed by atoms with Crippen LogP contribution in [0.2, 0.25) is 5.02 Å². The molecule has 7 heteroatoms. The van der Waals surface area contributed by atoms with Crippen LogP contribution in [0.1, 0.15) is 29.9 Å². The van der Waals surface area contributed by atoms with Crippen molar-refractivity contribution >= 4 is 29.3 Å². The van der Waals surface area contributed by atoms with Crippen LogP contribution in [0, 0.1) is 0 Å². The highest BCUT2D eigenvalue weighted by atomic mass is 35.5. The fraction of sp³-hybridized carbons (Fsp3) is 0.160. The van der Waals surface area contributed by atoms with Crippen molar-refractivity contribution < 1.29 is 4.79 Å². The van der Waals surface area contributed by atoms with E-state index in [-0.39, 0.29) is 17.7 Å². The maximum absolute atomic E-state index is 12.6. The molecule has 0 aliphatic heterocycles. The van der Waals surface area contributed by atoms with Crippen molar-refractivity contribution in [2.75, 3.05) is 5.75 Å². The van der Waals surface area contributed by atoms with Crippen LogP contribution in [0.25, 0.3) is 5.69 Å². The number of halogens is 1. The number of carbonyl (C=O) groups excluding carboxylic acids is 1. The van der Waals surface area contributed by atoms with E-state index in [2.05, 4.69) is 27.6 Å². The smallest absolute Gasteiger partial charge is 0.230 e. The third-order valence-corrected chi connectivity index (χ3v) is 6.18. The molecule has 0 fully saturated rings. The van der Waals surface area contributed by atoms with E-state index in [0.29, 0.717) is 16.6 Å². The van der Waals surface area contributed by atoms with Gasteiger partial charge in [0.15, 0.2) is 5.16 Å². The number of carbonyl (C=O) groups is 1. The molecule has 0 saturated heterocycles. The van der Waals surface area contributed by atoms with Crippen molar-refractivity contribution in [2.45, 2.75) is 24.5 Å². The number of aromatic nitrogens is 3. The lowest BCUT2D eigenvalue weighted by molar-refractivity contribution is -0.119. The summed E-state index contributed by atoms with van der Waals surface area (Å²) < 4.78 is 1.99. The Bertz CT molecular complexity index is 1160. The van der Waals surface area contributed by atoms with Gasteiger partial charge in [-0.1, -0.05) is 84.0 Å². The molecule has 0 saturated carbocycles. The van der Waals surface area contributed by atoms with Gasteiger partial charge in [-0.25, -0.2) is 0 Å². The standard InChI is InChI=1S/C25H23ClN4OS/c1-18(20-10-6-3-7-11-20)27-24(31)17-32-25-29-28-23(16-19-8-4-2-5-9-19)30(25)22-14-12-21(26)13-15-22/h2-15,18H,16-17H2,1H3,(H,27,31). The van der Waals surface area contributed by atoms with Crippen LogP contribution in [0.3, 0.4) is 0 Å². The predicted octanol–water partition coefficient (Wildman–Crippen LogP) is 5.48. The quantitative estimate of drug-likeness (QED) is 0.352. The first-order chi connectivity index (χ1) is 15.6. The molecule has 1 atom stereocenters. The Hall–Kier alpha value is -3.09. The number of nitrogens with one attached hydrogen (secondary N) is 1. The summed E-state index contributed by atoms with van der Waals surface area (Å²) in [5.41, 5.74) is 3.12. The molecule has 32 heavy (non-hydrogen) atoms. The molecule has 1 amide bonds. The van der Waals surface area contributed by atoms with E-state index in [4.69, 9.17) is 11.6 Å². The first-order valence-corrected chi connectivity index (χ1v) is 11.7. The molecule has 0 spiro atoms. The van der Waals surface area contributed by atoms with Gasteiger partial charge in [-0.05, 0) is 42.3 Å². The SMILES string of the molecule is CC(NC(=O)CSc1nnc(Cc2ccccc2)n1-c1ccc(Cl)cc1)c1ccccc1. The zero-order valence-corrected chi connectivity index (χ0v) is 19.2. The van der Waals surface area contributed by atoms with E-state index in [1.54, 1.807) is 0 Å². The first kappa shape index (κ1) is 22.1. The number of thioether (sulfide) groups is 1. The molecular formula is C25H23ClN4OS. The van der Waals surface area contributed by atoms with Crippen molar-refractivity contribution in [1.82, 2.24) is 20.1 Å². The average Bonchev–Trinajstić information content (AvgIpc) is 3.21. The fourth-order valence-corrected chi connectivity index (χ4v) is 4.28. The van der Waals surface area contributed by atoms with Crippen LogP contribution < -0.4 is 5.32 Å². The molecule has 3 aromatic carbocycles. The summed E-state index contributed by atoms with van der Waals surface area (Å²) in [4.78, 5) is 12.6. The Morgan fingerprint density at radius 2 is 1.62 bits per heavy atom. The minimum Gasteiger partial charge on any atom is -0.349 e. The average molecular weight is 463 g/mol. The van der Waals surface area contributed by atoms with E-state index in [1.807, 2.05) is 84.3 Å². The van der Waals surface area contributed by atoms with Crippen molar-refractivity contribution in [2.24, 2.45) is 0 Å². The molecule has 1 N–H and O–H groups in total. The number of hydrogen-bond acceptors (Lipinski definition) is 4. The Balaban J connectivity index is 1.51. The molecule has 5 nitrogen and oxygen atoms in total. The summed E-state index contributed by atoms with van der Waals surface area (Å²) in [6, 6.07) is 27.5. The van der Waals surface area contributed by atoms with Crippen LogP contribution in [0.15, 0.2) is 90.1 Å². The summed E-state index contributed by atoms with van der Waals surface area (Å²) >= 11 is 7.45. The lowest BCUT2D eigenvalue weighted by atomic mass is 10.1. The largest absolute Gasteiger partial charge is 0.349 e. The number of amides is 1. The van der Waals surface area contributed by atoms with Crippen molar-refractivity contribution in [3.05, 3.63) is 107 Å². The lowest BCUT2D eigenvalue weighted by Gasteiger charge is -2.14. The van der Waals surface area contributed by atoms with E-state index in [1.165, 1.54) is 11.8 Å². The summed E-state index contributed by atoms with van der Waals surface area (Å²) in [6.45, 7) is 1.98. The monoisotopic (exact) mass is 462 g/mol. The minimum absolute atomic E-state index is 0.0541. The van der Waals surface area contributed by atoms with E-state index in [0.717, 1.165) is 22.6 Å². The first-order valence-electron chi connectivity index (χ1n) is 10.3. The Labute approximate surface area is 196 Å². The van der Waals surface area contributed by atoms with Gasteiger partial charge in [0, 0.05) is 17.1 Å². The predicted molar refractivity (Wildman–Crippen MR) is 129 cm³/mol. The summed E-state index contributed by atoms with van der Waals surface area (Å²) in [5, 5.41) is 13.2.